The first-order chi connectivity index (χ1) is 18.4. The fourth-order valence-electron chi connectivity index (χ4n) is 9.84. The number of unbranched alkanes of at least 4 members (excludes halogenated alkanes) is 3. The molecule has 0 radical (unpaired) electrons. The summed E-state index contributed by atoms with van der Waals surface area (Å²) in [5.41, 5.74) is 1.11. The third-order valence-corrected chi connectivity index (χ3v) is 12.2. The molecule has 0 aromatic heterocycles. The first-order valence-corrected chi connectivity index (χ1v) is 18.1. The second kappa shape index (κ2) is 15.6. The summed E-state index contributed by atoms with van der Waals surface area (Å²) in [4.78, 5) is 0. The minimum absolute atomic E-state index is 0.553. The van der Waals surface area contributed by atoms with Gasteiger partial charge in [0.05, 0.1) is 54.4 Å². The maximum atomic E-state index is 2.54. The van der Waals surface area contributed by atoms with Gasteiger partial charge in [-0.15, -0.1) is 0 Å². The van der Waals surface area contributed by atoms with Gasteiger partial charge >= 0.3 is 0 Å². The Kier molecular flexibility index (Phi) is 14.1. The molecule has 2 saturated carbocycles. The summed E-state index contributed by atoms with van der Waals surface area (Å²) in [6, 6.07) is 0. The topological polar surface area (TPSA) is 0 Å². The summed E-state index contributed by atoms with van der Waals surface area (Å²) in [5.74, 6) is 5.38. The Bertz CT molecular complexity index is 644. The lowest BCUT2D eigenvalue weighted by Gasteiger charge is -2.44. The van der Waals surface area contributed by atoms with E-state index in [1.54, 1.807) is 0 Å². The minimum atomic E-state index is 0.553. The van der Waals surface area contributed by atoms with Gasteiger partial charge < -0.3 is 8.97 Å². The van der Waals surface area contributed by atoms with Crippen LogP contribution in [0.4, 0.5) is 0 Å². The Balaban J connectivity index is 1.60. The van der Waals surface area contributed by atoms with E-state index in [9.17, 15) is 0 Å². The quantitative estimate of drug-likeness (QED) is 0.122. The lowest BCUT2D eigenvalue weighted by Crippen LogP contribution is -2.44. The molecule has 2 nitrogen and oxygen atoms in total. The summed E-state index contributed by atoms with van der Waals surface area (Å²) in [7, 11) is 9.95. The van der Waals surface area contributed by atoms with E-state index in [-0.39, 0.29) is 0 Å². The van der Waals surface area contributed by atoms with E-state index in [0.717, 1.165) is 35.5 Å². The summed E-state index contributed by atoms with van der Waals surface area (Å²) in [6.45, 7) is 25.6. The van der Waals surface area contributed by atoms with Crippen molar-refractivity contribution in [3.63, 3.8) is 0 Å². The van der Waals surface area contributed by atoms with Crippen LogP contribution in [0.3, 0.4) is 0 Å². The third kappa shape index (κ3) is 12.3. The molecule has 0 aromatic rings. The molecule has 0 N–H and O–H groups in total. The van der Waals surface area contributed by atoms with Crippen molar-refractivity contribution in [3.8, 4) is 0 Å². The average Bonchev–Trinajstić information content (AvgIpc) is 2.79. The second-order valence-electron chi connectivity index (χ2n) is 18.4. The largest absolute Gasteiger partial charge is 0.328 e. The molecule has 238 valence electrons. The van der Waals surface area contributed by atoms with E-state index >= 15 is 0 Å². The molecule has 0 aromatic carbocycles. The highest BCUT2D eigenvalue weighted by molar-refractivity contribution is 4.87. The highest BCUT2D eigenvalue weighted by atomic mass is 15.3. The van der Waals surface area contributed by atoms with Gasteiger partial charge in [-0.1, -0.05) is 81.1 Å². The summed E-state index contributed by atoms with van der Waals surface area (Å²) >= 11 is 0. The van der Waals surface area contributed by atoms with Crippen LogP contribution in [-0.4, -0.2) is 63.3 Å². The van der Waals surface area contributed by atoms with Gasteiger partial charge in [0.1, 0.15) is 0 Å². The zero-order chi connectivity index (χ0) is 30.2. The molecular weight excluding hydrogens is 484 g/mol. The van der Waals surface area contributed by atoms with Crippen molar-refractivity contribution in [3.05, 3.63) is 0 Å². The maximum absolute atomic E-state index is 2.54. The van der Waals surface area contributed by atoms with Gasteiger partial charge in [0.15, 0.2) is 0 Å². The number of hydrogen-bond acceptors (Lipinski definition) is 0. The molecule has 0 amide bonds. The first-order valence-electron chi connectivity index (χ1n) is 18.1. The molecule has 2 heteroatoms. The second-order valence-corrected chi connectivity index (χ2v) is 18.4. The van der Waals surface area contributed by atoms with Crippen molar-refractivity contribution >= 4 is 0 Å². The minimum Gasteiger partial charge on any atom is -0.328 e. The molecular formula is C38H78N2+2. The highest BCUT2D eigenvalue weighted by Crippen LogP contribution is 2.47. The van der Waals surface area contributed by atoms with Gasteiger partial charge in [0.2, 0.25) is 0 Å². The van der Waals surface area contributed by atoms with Crippen LogP contribution in [-0.2, 0) is 0 Å². The van der Waals surface area contributed by atoms with Crippen molar-refractivity contribution in [2.45, 2.75) is 145 Å². The molecule has 0 bridgehead atoms. The predicted molar refractivity (Wildman–Crippen MR) is 180 cm³/mol. The molecule has 0 heterocycles. The van der Waals surface area contributed by atoms with E-state index in [0.29, 0.717) is 10.8 Å². The monoisotopic (exact) mass is 563 g/mol. The predicted octanol–water partition coefficient (Wildman–Crippen LogP) is 10.5. The first kappa shape index (κ1) is 36.1. The summed E-state index contributed by atoms with van der Waals surface area (Å²) in [6.07, 6.45) is 20.0. The maximum Gasteiger partial charge on any atom is 0.0808 e. The molecule has 0 saturated heterocycles. The molecule has 6 unspecified atom stereocenters. The van der Waals surface area contributed by atoms with Crippen molar-refractivity contribution in [2.75, 3.05) is 54.4 Å². The van der Waals surface area contributed by atoms with Crippen LogP contribution in [0.5, 0.6) is 0 Å². The van der Waals surface area contributed by atoms with Crippen LogP contribution in [0.15, 0.2) is 0 Å². The van der Waals surface area contributed by atoms with E-state index in [1.807, 2.05) is 0 Å². The summed E-state index contributed by atoms with van der Waals surface area (Å²) < 4.78 is 2.42. The van der Waals surface area contributed by atoms with Crippen LogP contribution in [0.25, 0.3) is 0 Å². The van der Waals surface area contributed by atoms with Crippen molar-refractivity contribution in [2.24, 2.45) is 46.3 Å². The molecule has 6 atom stereocenters. The molecule has 2 aliphatic carbocycles. The molecule has 2 rings (SSSR count). The van der Waals surface area contributed by atoms with E-state index < -0.39 is 0 Å². The summed E-state index contributed by atoms with van der Waals surface area (Å²) in [5, 5.41) is 0. The molecule has 2 aliphatic rings. The normalized spacial score (nSPS) is 28.8. The van der Waals surface area contributed by atoms with Gasteiger partial charge in [0.25, 0.3) is 0 Å². The Morgan fingerprint density at radius 1 is 0.600 bits per heavy atom. The van der Waals surface area contributed by atoms with Crippen LogP contribution in [0.1, 0.15) is 145 Å². The zero-order valence-corrected chi connectivity index (χ0v) is 30.1. The van der Waals surface area contributed by atoms with E-state index in [2.05, 4.69) is 83.6 Å². The third-order valence-electron chi connectivity index (χ3n) is 12.2. The fourth-order valence-corrected chi connectivity index (χ4v) is 9.84. The van der Waals surface area contributed by atoms with Crippen molar-refractivity contribution < 1.29 is 8.97 Å². The molecule has 40 heavy (non-hydrogen) atoms. The number of quaternary nitrogens is 2. The van der Waals surface area contributed by atoms with Crippen LogP contribution < -0.4 is 0 Å². The van der Waals surface area contributed by atoms with Crippen LogP contribution in [0.2, 0.25) is 0 Å². The smallest absolute Gasteiger partial charge is 0.0808 e. The number of nitrogens with zero attached hydrogens (tertiary/aromatic N) is 2. The van der Waals surface area contributed by atoms with E-state index in [4.69, 9.17) is 0 Å². The van der Waals surface area contributed by atoms with Crippen molar-refractivity contribution in [1.29, 1.82) is 0 Å². The molecule has 2 fully saturated rings. The van der Waals surface area contributed by atoms with E-state index in [1.165, 1.54) is 125 Å². The zero-order valence-electron chi connectivity index (χ0n) is 30.1. The number of hydrogen-bond donors (Lipinski definition) is 0. The fraction of sp³-hybridized carbons (Fsp3) is 1.00. The lowest BCUT2D eigenvalue weighted by atomic mass is 9.62. The Labute approximate surface area is 254 Å². The Hall–Kier alpha value is -0.0800. The molecule has 0 spiro atoms. The van der Waals surface area contributed by atoms with Gasteiger partial charge in [-0.3, -0.25) is 0 Å². The van der Waals surface area contributed by atoms with Crippen molar-refractivity contribution in [1.82, 2.24) is 0 Å². The molecule has 0 aliphatic heterocycles. The lowest BCUT2D eigenvalue weighted by molar-refractivity contribution is -0.894. The van der Waals surface area contributed by atoms with Gasteiger partial charge in [-0.05, 0) is 98.7 Å². The van der Waals surface area contributed by atoms with Crippen LogP contribution in [0, 0.1) is 46.3 Å². The SMILES string of the molecule is CC(CCC1C(C)CCCC1(C)C)C[N+](C)(C)CCCCCC[N+](C)(C)CC(C)CCC1C(C)CCCC1(C)C. The van der Waals surface area contributed by atoms with Crippen LogP contribution >= 0.6 is 0 Å². The van der Waals surface area contributed by atoms with Gasteiger partial charge in [0, 0.05) is 11.8 Å². The Morgan fingerprint density at radius 2 is 0.950 bits per heavy atom. The van der Waals surface area contributed by atoms with Gasteiger partial charge in [-0.25, -0.2) is 0 Å². The Morgan fingerprint density at radius 3 is 1.27 bits per heavy atom. The number of rotatable bonds is 17. The highest BCUT2D eigenvalue weighted by Gasteiger charge is 2.38. The van der Waals surface area contributed by atoms with Gasteiger partial charge in [-0.2, -0.15) is 0 Å². The standard InChI is InChI=1S/C38H78N2/c1-31(21-23-35-33(3)19-17-25-37(35,5)6)29-39(9,10)27-15-13-14-16-28-40(11,12)30-32(2)22-24-36-34(4)20-18-26-38(36,7)8/h31-36H,13-30H2,1-12H3/q+2. The average molecular weight is 563 g/mol.